The first-order valence-electron chi connectivity index (χ1n) is 9.21. The molecule has 4 heteroatoms. The lowest BCUT2D eigenvalue weighted by Gasteiger charge is -2.34. The predicted octanol–water partition coefficient (Wildman–Crippen LogP) is 3.17. The summed E-state index contributed by atoms with van der Waals surface area (Å²) >= 11 is 0. The maximum absolute atomic E-state index is 12.4. The molecular weight excluding hydrogens is 302 g/mol. The van der Waals surface area contributed by atoms with E-state index in [4.69, 9.17) is 4.74 Å². The zero-order valence-electron chi connectivity index (χ0n) is 14.7. The van der Waals surface area contributed by atoms with Gasteiger partial charge in [-0.15, -0.1) is 0 Å². The van der Waals surface area contributed by atoms with Crippen molar-refractivity contribution in [2.75, 3.05) is 20.2 Å². The van der Waals surface area contributed by atoms with E-state index < -0.39 is 5.60 Å². The van der Waals surface area contributed by atoms with Crippen LogP contribution in [0.4, 0.5) is 0 Å². The molecule has 0 aromatic heterocycles. The molecule has 1 N–H and O–H groups in total. The fourth-order valence-corrected chi connectivity index (χ4v) is 4.08. The first kappa shape index (κ1) is 17.3. The Morgan fingerprint density at radius 1 is 1.21 bits per heavy atom. The van der Waals surface area contributed by atoms with Crippen LogP contribution in [0.5, 0.6) is 5.75 Å². The van der Waals surface area contributed by atoms with Crippen molar-refractivity contribution in [3.8, 4) is 5.75 Å². The van der Waals surface area contributed by atoms with E-state index in [9.17, 15) is 9.90 Å². The van der Waals surface area contributed by atoms with Crippen molar-refractivity contribution in [1.29, 1.82) is 0 Å². The highest BCUT2D eigenvalue weighted by Gasteiger charge is 2.35. The summed E-state index contributed by atoms with van der Waals surface area (Å²) in [5, 5.41) is 10.4. The second-order valence-electron chi connectivity index (χ2n) is 7.48. The van der Waals surface area contributed by atoms with Gasteiger partial charge in [-0.05, 0) is 55.7 Å². The second kappa shape index (κ2) is 7.56. The van der Waals surface area contributed by atoms with Crippen LogP contribution in [0, 0.1) is 5.92 Å². The molecule has 1 aliphatic heterocycles. The molecule has 1 saturated heterocycles. The van der Waals surface area contributed by atoms with Gasteiger partial charge in [0.1, 0.15) is 5.75 Å². The summed E-state index contributed by atoms with van der Waals surface area (Å²) in [5.41, 5.74) is 0.609. The molecule has 1 heterocycles. The largest absolute Gasteiger partial charge is 0.497 e. The molecule has 1 aromatic carbocycles. The van der Waals surface area contributed by atoms with E-state index in [1.807, 2.05) is 17.0 Å². The number of carbonyl (C=O) groups excluding carboxylic acids is 1. The van der Waals surface area contributed by atoms with Gasteiger partial charge in [-0.1, -0.05) is 25.0 Å². The van der Waals surface area contributed by atoms with Crippen LogP contribution in [0.1, 0.15) is 50.5 Å². The number of rotatable bonds is 5. The predicted molar refractivity (Wildman–Crippen MR) is 94.0 cm³/mol. The number of piperidine rings is 1. The van der Waals surface area contributed by atoms with Gasteiger partial charge in [-0.3, -0.25) is 4.79 Å². The molecule has 4 nitrogen and oxygen atoms in total. The molecule has 2 fully saturated rings. The molecule has 1 saturated carbocycles. The van der Waals surface area contributed by atoms with Crippen LogP contribution in [0.2, 0.25) is 0 Å². The van der Waals surface area contributed by atoms with Gasteiger partial charge >= 0.3 is 0 Å². The summed E-state index contributed by atoms with van der Waals surface area (Å²) in [5.74, 6) is 1.67. The molecule has 1 amide bonds. The summed E-state index contributed by atoms with van der Waals surface area (Å²) in [6.07, 6.45) is 7.15. The molecule has 0 radical (unpaired) electrons. The van der Waals surface area contributed by atoms with Crippen LogP contribution in [0.15, 0.2) is 24.3 Å². The minimum Gasteiger partial charge on any atom is -0.497 e. The third kappa shape index (κ3) is 4.29. The molecule has 24 heavy (non-hydrogen) atoms. The molecule has 0 unspecified atom stereocenters. The smallest absolute Gasteiger partial charge is 0.225 e. The molecular formula is C20H29NO3. The van der Waals surface area contributed by atoms with Gasteiger partial charge < -0.3 is 14.7 Å². The van der Waals surface area contributed by atoms with Crippen LogP contribution in [-0.4, -0.2) is 41.7 Å². The number of methoxy groups -OCH3 is 1. The van der Waals surface area contributed by atoms with E-state index in [0.29, 0.717) is 12.3 Å². The average molecular weight is 331 g/mol. The maximum Gasteiger partial charge on any atom is 0.225 e. The van der Waals surface area contributed by atoms with Crippen LogP contribution in [0.3, 0.4) is 0 Å². The number of aliphatic hydroxyl groups is 1. The molecule has 2 aliphatic rings. The summed E-state index contributed by atoms with van der Waals surface area (Å²) in [6.45, 7) is 1.66. The van der Waals surface area contributed by atoms with Crippen molar-refractivity contribution in [3.05, 3.63) is 29.8 Å². The van der Waals surface area contributed by atoms with Crippen molar-refractivity contribution in [2.45, 2.75) is 57.0 Å². The van der Waals surface area contributed by atoms with Crippen molar-refractivity contribution in [1.82, 2.24) is 4.90 Å². The summed E-state index contributed by atoms with van der Waals surface area (Å²) in [4.78, 5) is 14.4. The summed E-state index contributed by atoms with van der Waals surface area (Å²) < 4.78 is 5.20. The van der Waals surface area contributed by atoms with Crippen molar-refractivity contribution in [3.63, 3.8) is 0 Å². The van der Waals surface area contributed by atoms with E-state index in [1.165, 1.54) is 5.56 Å². The molecule has 1 aromatic rings. The molecule has 0 spiro atoms. The van der Waals surface area contributed by atoms with E-state index in [0.717, 1.165) is 63.8 Å². The third-order valence-corrected chi connectivity index (χ3v) is 5.67. The number of carbonyl (C=O) groups is 1. The Morgan fingerprint density at radius 2 is 1.83 bits per heavy atom. The number of nitrogens with zero attached hydrogens (tertiary/aromatic N) is 1. The molecule has 0 bridgehead atoms. The van der Waals surface area contributed by atoms with Gasteiger partial charge in [0, 0.05) is 13.1 Å². The average Bonchev–Trinajstić information content (AvgIpc) is 3.02. The molecule has 1 aliphatic carbocycles. The maximum atomic E-state index is 12.4. The van der Waals surface area contributed by atoms with Gasteiger partial charge in [-0.25, -0.2) is 0 Å². The Kier molecular flexibility index (Phi) is 5.44. The number of ether oxygens (including phenoxy) is 1. The Hall–Kier alpha value is -1.55. The first-order valence-corrected chi connectivity index (χ1v) is 9.21. The van der Waals surface area contributed by atoms with Crippen LogP contribution < -0.4 is 4.74 Å². The highest BCUT2D eigenvalue weighted by Crippen LogP contribution is 2.33. The Balaban J connectivity index is 1.45. The lowest BCUT2D eigenvalue weighted by molar-refractivity contribution is -0.137. The Morgan fingerprint density at radius 3 is 2.42 bits per heavy atom. The van der Waals surface area contributed by atoms with Gasteiger partial charge in [0.05, 0.1) is 19.1 Å². The fourth-order valence-electron chi connectivity index (χ4n) is 4.08. The quantitative estimate of drug-likeness (QED) is 0.901. The van der Waals surface area contributed by atoms with E-state index >= 15 is 0 Å². The highest BCUT2D eigenvalue weighted by molar-refractivity contribution is 5.77. The standard InChI is InChI=1S/C20H29NO3/c1-24-18-6-4-16(5-7-18)14-17-8-12-21(13-9-17)19(22)15-20(23)10-2-3-11-20/h4-7,17,23H,2-3,8-15H2,1H3. The van der Waals surface area contributed by atoms with Crippen LogP contribution >= 0.6 is 0 Å². The topological polar surface area (TPSA) is 49.8 Å². The first-order chi connectivity index (χ1) is 11.6. The normalized spacial score (nSPS) is 21.0. The lowest BCUT2D eigenvalue weighted by Crippen LogP contribution is -2.42. The fraction of sp³-hybridized carbons (Fsp3) is 0.650. The zero-order valence-corrected chi connectivity index (χ0v) is 14.7. The zero-order chi connectivity index (χ0) is 17.0. The monoisotopic (exact) mass is 331 g/mol. The van der Waals surface area contributed by atoms with Crippen molar-refractivity contribution < 1.29 is 14.6 Å². The van der Waals surface area contributed by atoms with E-state index in [2.05, 4.69) is 12.1 Å². The van der Waals surface area contributed by atoms with Gasteiger partial charge in [0.15, 0.2) is 0 Å². The van der Waals surface area contributed by atoms with E-state index in [-0.39, 0.29) is 5.91 Å². The van der Waals surface area contributed by atoms with Gasteiger partial charge in [-0.2, -0.15) is 0 Å². The minimum absolute atomic E-state index is 0.141. The van der Waals surface area contributed by atoms with Crippen molar-refractivity contribution in [2.24, 2.45) is 5.92 Å². The molecule has 132 valence electrons. The number of amides is 1. The van der Waals surface area contributed by atoms with Gasteiger partial charge in [0.25, 0.3) is 0 Å². The Bertz CT molecular complexity index is 541. The summed E-state index contributed by atoms with van der Waals surface area (Å²) in [6, 6.07) is 8.28. The van der Waals surface area contributed by atoms with Crippen molar-refractivity contribution >= 4 is 5.91 Å². The highest BCUT2D eigenvalue weighted by atomic mass is 16.5. The number of likely N-dealkylation sites (tertiary alicyclic amines) is 1. The second-order valence-corrected chi connectivity index (χ2v) is 7.48. The summed E-state index contributed by atoms with van der Waals surface area (Å²) in [7, 11) is 1.68. The number of benzene rings is 1. The lowest BCUT2D eigenvalue weighted by atomic mass is 9.89. The third-order valence-electron chi connectivity index (χ3n) is 5.67. The van der Waals surface area contributed by atoms with Crippen LogP contribution in [-0.2, 0) is 11.2 Å². The molecule has 0 atom stereocenters. The minimum atomic E-state index is -0.725. The molecule has 3 rings (SSSR count). The van der Waals surface area contributed by atoms with E-state index in [1.54, 1.807) is 7.11 Å². The Labute approximate surface area is 144 Å². The van der Waals surface area contributed by atoms with Gasteiger partial charge in [0.2, 0.25) is 5.91 Å². The van der Waals surface area contributed by atoms with Crippen LogP contribution in [0.25, 0.3) is 0 Å². The number of hydrogen-bond acceptors (Lipinski definition) is 3. The number of hydrogen-bond donors (Lipinski definition) is 1. The SMILES string of the molecule is COc1ccc(CC2CCN(C(=O)CC3(O)CCCC3)CC2)cc1.